The predicted molar refractivity (Wildman–Crippen MR) is 82.5 cm³/mol. The van der Waals surface area contributed by atoms with Gasteiger partial charge in [-0.3, -0.25) is 0 Å². The zero-order chi connectivity index (χ0) is 16.1. The molecule has 1 atom stereocenters. The van der Waals surface area contributed by atoms with E-state index in [9.17, 15) is 9.90 Å². The fraction of sp³-hybridized carbons (Fsp3) is 0.375. The normalized spacial score (nSPS) is 12.0. The Bertz CT molecular complexity index is 622. The number of amides is 2. The molecule has 6 nitrogen and oxygen atoms in total. The maximum absolute atomic E-state index is 12.1. The van der Waals surface area contributed by atoms with E-state index in [2.05, 4.69) is 10.5 Å². The third-order valence-corrected chi connectivity index (χ3v) is 3.27. The van der Waals surface area contributed by atoms with E-state index in [0.29, 0.717) is 13.0 Å². The van der Waals surface area contributed by atoms with Crippen LogP contribution in [0, 0.1) is 6.92 Å². The first-order chi connectivity index (χ1) is 10.4. The number of hydrogen-bond donors (Lipinski definition) is 2. The lowest BCUT2D eigenvalue weighted by atomic mass is 10.1. The molecule has 0 aliphatic heterocycles. The van der Waals surface area contributed by atoms with Crippen molar-refractivity contribution >= 4 is 6.03 Å². The summed E-state index contributed by atoms with van der Waals surface area (Å²) in [5.74, 6) is 0.965. The van der Waals surface area contributed by atoms with E-state index in [1.807, 2.05) is 32.0 Å². The lowest BCUT2D eigenvalue weighted by Crippen LogP contribution is -2.42. The molecule has 2 aromatic rings. The molecule has 0 spiro atoms. The van der Waals surface area contributed by atoms with Gasteiger partial charge >= 0.3 is 6.03 Å². The summed E-state index contributed by atoms with van der Waals surface area (Å²) in [6.45, 7) is 4.16. The number of hydrogen-bond acceptors (Lipinski definition) is 4. The lowest BCUT2D eigenvalue weighted by molar-refractivity contribution is 0.202. The van der Waals surface area contributed by atoms with Gasteiger partial charge < -0.3 is 19.8 Å². The van der Waals surface area contributed by atoms with Crippen molar-refractivity contribution in [1.82, 2.24) is 15.4 Å². The van der Waals surface area contributed by atoms with Gasteiger partial charge in [-0.15, -0.1) is 0 Å². The van der Waals surface area contributed by atoms with Crippen molar-refractivity contribution in [1.29, 1.82) is 0 Å². The molecule has 2 N–H and O–H groups in total. The van der Waals surface area contributed by atoms with Gasteiger partial charge in [0.1, 0.15) is 17.2 Å². The highest BCUT2D eigenvalue weighted by molar-refractivity contribution is 5.74. The summed E-state index contributed by atoms with van der Waals surface area (Å²) in [6.07, 6.45) is 0.697. The Balaban J connectivity index is 1.83. The number of aromatic hydroxyl groups is 1. The molecule has 118 valence electrons. The summed E-state index contributed by atoms with van der Waals surface area (Å²) >= 11 is 0. The van der Waals surface area contributed by atoms with E-state index in [-0.39, 0.29) is 17.8 Å². The summed E-state index contributed by atoms with van der Waals surface area (Å²) < 4.78 is 4.99. The van der Waals surface area contributed by atoms with Gasteiger partial charge in [0.15, 0.2) is 0 Å². The van der Waals surface area contributed by atoms with Gasteiger partial charge in [-0.2, -0.15) is 0 Å². The Kier molecular flexibility index (Phi) is 5.04. The van der Waals surface area contributed by atoms with Crippen molar-refractivity contribution in [2.75, 3.05) is 7.05 Å². The SMILES string of the molecule is Cc1cc(CN(C)C(=O)N[C@H](C)Cc2ccc(O)cc2)no1. The number of aryl methyl sites for hydroxylation is 1. The van der Waals surface area contributed by atoms with Gasteiger partial charge in [-0.1, -0.05) is 17.3 Å². The minimum Gasteiger partial charge on any atom is -0.508 e. The second kappa shape index (κ2) is 6.98. The largest absolute Gasteiger partial charge is 0.508 e. The molecule has 1 aromatic carbocycles. The molecular formula is C16H21N3O3. The minimum absolute atomic E-state index is 0.0152. The number of phenolic OH excluding ortho intramolecular Hbond substituents is 1. The van der Waals surface area contributed by atoms with Crippen molar-refractivity contribution in [2.45, 2.75) is 32.9 Å². The minimum atomic E-state index is -0.160. The molecule has 0 aliphatic rings. The van der Waals surface area contributed by atoms with Crippen LogP contribution in [0.1, 0.15) is 23.9 Å². The monoisotopic (exact) mass is 303 g/mol. The van der Waals surface area contributed by atoms with Gasteiger partial charge in [0, 0.05) is 19.2 Å². The van der Waals surface area contributed by atoms with Crippen molar-refractivity contribution in [3.05, 3.63) is 47.3 Å². The van der Waals surface area contributed by atoms with Crippen LogP contribution in [0.4, 0.5) is 4.79 Å². The molecule has 1 aromatic heterocycles. The van der Waals surface area contributed by atoms with E-state index in [4.69, 9.17) is 4.52 Å². The van der Waals surface area contributed by atoms with Crippen molar-refractivity contribution in [2.24, 2.45) is 0 Å². The summed E-state index contributed by atoms with van der Waals surface area (Å²) in [5, 5.41) is 16.1. The number of rotatable bonds is 5. The highest BCUT2D eigenvalue weighted by atomic mass is 16.5. The van der Waals surface area contributed by atoms with Crippen LogP contribution >= 0.6 is 0 Å². The smallest absolute Gasteiger partial charge is 0.317 e. The molecule has 0 saturated carbocycles. The predicted octanol–water partition coefficient (Wildman–Crippen LogP) is 2.46. The number of aromatic nitrogens is 1. The molecule has 22 heavy (non-hydrogen) atoms. The van der Waals surface area contributed by atoms with Gasteiger partial charge in [0.2, 0.25) is 0 Å². The first kappa shape index (κ1) is 15.9. The molecule has 6 heteroatoms. The zero-order valence-corrected chi connectivity index (χ0v) is 13.0. The number of nitrogens with zero attached hydrogens (tertiary/aromatic N) is 2. The Labute approximate surface area is 129 Å². The fourth-order valence-electron chi connectivity index (χ4n) is 2.16. The third-order valence-electron chi connectivity index (χ3n) is 3.27. The van der Waals surface area contributed by atoms with Crippen LogP contribution < -0.4 is 5.32 Å². The number of benzene rings is 1. The fourth-order valence-corrected chi connectivity index (χ4v) is 2.16. The Hall–Kier alpha value is -2.50. The highest BCUT2D eigenvalue weighted by Gasteiger charge is 2.14. The Morgan fingerprint density at radius 2 is 2.09 bits per heavy atom. The first-order valence-corrected chi connectivity index (χ1v) is 7.16. The second-order valence-corrected chi connectivity index (χ2v) is 5.51. The van der Waals surface area contributed by atoms with Gasteiger partial charge in [-0.05, 0) is 38.0 Å². The van der Waals surface area contributed by atoms with Crippen LogP contribution in [0.15, 0.2) is 34.9 Å². The molecule has 2 amide bonds. The van der Waals surface area contributed by atoms with Crippen molar-refractivity contribution in [3.63, 3.8) is 0 Å². The number of phenols is 1. The first-order valence-electron chi connectivity index (χ1n) is 7.16. The van der Waals surface area contributed by atoms with Crippen molar-refractivity contribution in [3.8, 4) is 5.75 Å². The summed E-state index contributed by atoms with van der Waals surface area (Å²) in [6, 6.07) is 8.61. The summed E-state index contributed by atoms with van der Waals surface area (Å²) in [7, 11) is 1.71. The van der Waals surface area contributed by atoms with Crippen LogP contribution in [0.2, 0.25) is 0 Å². The maximum Gasteiger partial charge on any atom is 0.317 e. The van der Waals surface area contributed by atoms with Gasteiger partial charge in [-0.25, -0.2) is 4.79 Å². The maximum atomic E-state index is 12.1. The molecule has 0 unspecified atom stereocenters. The average molecular weight is 303 g/mol. The second-order valence-electron chi connectivity index (χ2n) is 5.51. The Morgan fingerprint density at radius 1 is 1.41 bits per heavy atom. The standard InChI is InChI=1S/C16H21N3O3/c1-11(8-13-4-6-15(20)7-5-13)17-16(21)19(3)10-14-9-12(2)22-18-14/h4-7,9,11,20H,8,10H2,1-3H3,(H,17,21)/t11-/m1/s1. The number of carbonyl (C=O) groups is 1. The van der Waals surface area contributed by atoms with Crippen molar-refractivity contribution < 1.29 is 14.4 Å². The molecule has 2 rings (SSSR count). The summed E-state index contributed by atoms with van der Waals surface area (Å²) in [5.41, 5.74) is 1.78. The zero-order valence-electron chi connectivity index (χ0n) is 13.0. The van der Waals surface area contributed by atoms with E-state index in [0.717, 1.165) is 17.0 Å². The quantitative estimate of drug-likeness (QED) is 0.889. The van der Waals surface area contributed by atoms with Gasteiger partial charge in [0.05, 0.1) is 6.54 Å². The molecular weight excluding hydrogens is 282 g/mol. The topological polar surface area (TPSA) is 78.6 Å². The van der Waals surface area contributed by atoms with E-state index >= 15 is 0 Å². The Morgan fingerprint density at radius 3 is 2.68 bits per heavy atom. The number of nitrogens with one attached hydrogen (secondary N) is 1. The van der Waals surface area contributed by atoms with Gasteiger partial charge in [0.25, 0.3) is 0 Å². The number of carbonyl (C=O) groups excluding carboxylic acids is 1. The molecule has 0 radical (unpaired) electrons. The average Bonchev–Trinajstić information content (AvgIpc) is 2.86. The molecule has 1 heterocycles. The van der Waals surface area contributed by atoms with E-state index in [1.54, 1.807) is 24.1 Å². The molecule has 0 saturated heterocycles. The van der Waals surface area contributed by atoms with E-state index < -0.39 is 0 Å². The third kappa shape index (κ3) is 4.51. The van der Waals surface area contributed by atoms with Crippen LogP contribution in [0.25, 0.3) is 0 Å². The molecule has 0 fully saturated rings. The summed E-state index contributed by atoms with van der Waals surface area (Å²) in [4.78, 5) is 13.7. The van der Waals surface area contributed by atoms with Crippen LogP contribution in [-0.2, 0) is 13.0 Å². The van der Waals surface area contributed by atoms with E-state index in [1.165, 1.54) is 0 Å². The molecule has 0 bridgehead atoms. The lowest BCUT2D eigenvalue weighted by Gasteiger charge is -2.20. The van der Waals surface area contributed by atoms with Crippen LogP contribution in [0.5, 0.6) is 5.75 Å². The molecule has 0 aliphatic carbocycles. The van der Waals surface area contributed by atoms with Crippen LogP contribution in [0.3, 0.4) is 0 Å². The number of urea groups is 1. The van der Waals surface area contributed by atoms with Crippen LogP contribution in [-0.4, -0.2) is 34.3 Å². The highest BCUT2D eigenvalue weighted by Crippen LogP contribution is 2.11.